The zero-order chi connectivity index (χ0) is 18.8. The molecule has 4 rings (SSSR count). The summed E-state index contributed by atoms with van der Waals surface area (Å²) in [6, 6.07) is 6.42. The number of urea groups is 1. The lowest BCUT2D eigenvalue weighted by Crippen LogP contribution is -3.13. The van der Waals surface area contributed by atoms with E-state index in [-0.39, 0.29) is 24.6 Å². The van der Waals surface area contributed by atoms with Crippen molar-refractivity contribution in [1.82, 2.24) is 10.6 Å². The summed E-state index contributed by atoms with van der Waals surface area (Å²) in [6.07, 6.45) is 1.01. The Kier molecular flexibility index (Phi) is 5.29. The largest absolute Gasteiger partial charge is 0.463 e. The number of thiophene rings is 2. The molecule has 2 atom stereocenters. The van der Waals surface area contributed by atoms with Crippen LogP contribution in [0.15, 0.2) is 40.2 Å². The molecule has 2 aliphatic heterocycles. The second-order valence-corrected chi connectivity index (χ2v) is 8.55. The van der Waals surface area contributed by atoms with Crippen LogP contribution in [0.3, 0.4) is 0 Å². The van der Waals surface area contributed by atoms with Gasteiger partial charge < -0.3 is 20.3 Å². The Hall–Kier alpha value is -2.16. The summed E-state index contributed by atoms with van der Waals surface area (Å²) in [5, 5.41) is 9.78. The summed E-state index contributed by atoms with van der Waals surface area (Å²) >= 11 is 3.57. The van der Waals surface area contributed by atoms with E-state index in [0.717, 1.165) is 13.0 Å². The van der Waals surface area contributed by atoms with Crippen molar-refractivity contribution in [2.75, 3.05) is 26.2 Å². The highest BCUT2D eigenvalue weighted by atomic mass is 32.1. The molecule has 8 heteroatoms. The monoisotopic (exact) mass is 404 g/mol. The molecule has 0 saturated carbocycles. The average molecular weight is 405 g/mol. The summed E-state index contributed by atoms with van der Waals surface area (Å²) in [5.74, 6) is -0.361. The number of fused-ring (bicyclic) bond motifs is 1. The predicted molar refractivity (Wildman–Crippen MR) is 105 cm³/mol. The smallest absolute Gasteiger partial charge is 0.337 e. The van der Waals surface area contributed by atoms with E-state index in [2.05, 4.69) is 39.6 Å². The number of nitrogens with one attached hydrogen (secondary N) is 3. The van der Waals surface area contributed by atoms with Gasteiger partial charge in [0.2, 0.25) is 0 Å². The summed E-state index contributed by atoms with van der Waals surface area (Å²) < 4.78 is 5.19. The molecule has 2 aromatic heterocycles. The van der Waals surface area contributed by atoms with Gasteiger partial charge in [-0.3, -0.25) is 0 Å². The van der Waals surface area contributed by atoms with Crippen LogP contribution in [0, 0.1) is 0 Å². The van der Waals surface area contributed by atoms with E-state index in [1.54, 1.807) is 18.3 Å². The maximum atomic E-state index is 12.3. The van der Waals surface area contributed by atoms with Crippen LogP contribution < -0.4 is 15.5 Å². The van der Waals surface area contributed by atoms with Gasteiger partial charge in [0.05, 0.1) is 35.8 Å². The van der Waals surface area contributed by atoms with Crippen LogP contribution in [-0.4, -0.2) is 38.2 Å². The number of carbonyl (C=O) groups is 2. The molecule has 3 N–H and O–H groups in total. The fourth-order valence-corrected chi connectivity index (χ4v) is 5.60. The lowest BCUT2D eigenvalue weighted by atomic mass is 9.97. The first kappa shape index (κ1) is 18.2. The predicted octanol–water partition coefficient (Wildman–Crippen LogP) is 1.47. The van der Waals surface area contributed by atoms with Gasteiger partial charge in [-0.15, -0.1) is 22.7 Å². The highest BCUT2D eigenvalue weighted by Crippen LogP contribution is 2.31. The molecule has 0 aliphatic carbocycles. The molecule has 4 heterocycles. The van der Waals surface area contributed by atoms with Crippen LogP contribution in [0.5, 0.6) is 0 Å². The summed E-state index contributed by atoms with van der Waals surface area (Å²) in [5.41, 5.74) is 2.56. The molecule has 0 spiro atoms. The normalized spacial score (nSPS) is 22.0. The Morgan fingerprint density at radius 1 is 1.33 bits per heavy atom. The molecule has 0 radical (unpaired) electrons. The number of esters is 1. The minimum Gasteiger partial charge on any atom is -0.463 e. The molecule has 2 aromatic rings. The van der Waals surface area contributed by atoms with Crippen LogP contribution >= 0.6 is 22.7 Å². The second-order valence-electron chi connectivity index (χ2n) is 6.57. The minimum atomic E-state index is -0.361. The van der Waals surface area contributed by atoms with Crippen LogP contribution in [0.4, 0.5) is 4.79 Å². The molecular formula is C19H22N3O3S2+. The standard InChI is InChI=1S/C19H21N3O3S2/c1-2-25-18(23)13-10-20-19(24)21-14(13)11-22-7-5-15-12(6-9-27-15)17(22)16-4-3-8-26-16/h3-4,6,8-9,17H,2,5,7,10-11H2,1H3,(H2,20,21,24)/p+1/t17-/m1/s1. The Morgan fingerprint density at radius 3 is 3.00 bits per heavy atom. The Morgan fingerprint density at radius 2 is 2.22 bits per heavy atom. The van der Waals surface area contributed by atoms with Gasteiger partial charge in [-0.05, 0) is 29.8 Å². The van der Waals surface area contributed by atoms with Gasteiger partial charge in [-0.2, -0.15) is 0 Å². The molecule has 27 heavy (non-hydrogen) atoms. The average Bonchev–Trinajstić information content (AvgIpc) is 3.33. The second kappa shape index (κ2) is 7.84. The van der Waals surface area contributed by atoms with Crippen molar-refractivity contribution < 1.29 is 19.2 Å². The first-order chi connectivity index (χ1) is 13.2. The number of hydrogen-bond donors (Lipinski definition) is 3. The maximum absolute atomic E-state index is 12.3. The molecular weight excluding hydrogens is 382 g/mol. The Balaban J connectivity index is 1.67. The molecule has 1 unspecified atom stereocenters. The lowest BCUT2D eigenvalue weighted by molar-refractivity contribution is -0.923. The molecule has 6 nitrogen and oxygen atoms in total. The molecule has 142 valence electrons. The lowest BCUT2D eigenvalue weighted by Gasteiger charge is -2.34. The Labute approximate surface area is 165 Å². The molecule has 2 aliphatic rings. The zero-order valence-corrected chi connectivity index (χ0v) is 16.7. The van der Waals surface area contributed by atoms with Crippen LogP contribution in [0.25, 0.3) is 0 Å². The fraction of sp³-hybridized carbons (Fsp3) is 0.368. The molecule has 0 bridgehead atoms. The molecule has 0 aromatic carbocycles. The number of amides is 2. The summed E-state index contributed by atoms with van der Waals surface area (Å²) in [4.78, 5) is 28.3. The Bertz CT molecular complexity index is 873. The third kappa shape index (κ3) is 3.65. The van der Waals surface area contributed by atoms with Gasteiger partial charge in [-0.25, -0.2) is 9.59 Å². The van der Waals surface area contributed by atoms with Gasteiger partial charge in [-0.1, -0.05) is 6.07 Å². The van der Waals surface area contributed by atoms with Crippen LogP contribution in [0.2, 0.25) is 0 Å². The van der Waals surface area contributed by atoms with Gasteiger partial charge in [0.1, 0.15) is 12.6 Å². The van der Waals surface area contributed by atoms with Crippen molar-refractivity contribution in [2.24, 2.45) is 0 Å². The van der Waals surface area contributed by atoms with Gasteiger partial charge in [0, 0.05) is 16.9 Å². The van der Waals surface area contributed by atoms with E-state index in [1.165, 1.54) is 20.2 Å². The SMILES string of the molecule is CCOC(=O)C1=C(C[NH+]2CCc3sccc3[C@@H]2c2cccs2)NC(=O)NC1. The third-order valence-corrected chi connectivity index (χ3v) is 6.91. The fourth-order valence-electron chi connectivity index (χ4n) is 3.77. The number of hydrogen-bond acceptors (Lipinski definition) is 5. The van der Waals surface area contributed by atoms with E-state index in [0.29, 0.717) is 24.4 Å². The van der Waals surface area contributed by atoms with E-state index in [4.69, 9.17) is 4.74 Å². The maximum Gasteiger partial charge on any atom is 0.337 e. The van der Waals surface area contributed by atoms with E-state index in [1.807, 2.05) is 11.3 Å². The van der Waals surface area contributed by atoms with Crippen molar-refractivity contribution in [3.63, 3.8) is 0 Å². The molecule has 0 fully saturated rings. The number of carbonyl (C=O) groups excluding carboxylic acids is 2. The first-order valence-corrected chi connectivity index (χ1v) is 10.8. The van der Waals surface area contributed by atoms with Crippen LogP contribution in [0.1, 0.15) is 28.3 Å². The minimum absolute atomic E-state index is 0.209. The third-order valence-electron chi connectivity index (χ3n) is 4.98. The summed E-state index contributed by atoms with van der Waals surface area (Å²) in [7, 11) is 0. The van der Waals surface area contributed by atoms with Crippen LogP contribution in [-0.2, 0) is 16.0 Å². The van der Waals surface area contributed by atoms with Gasteiger partial charge in [0.25, 0.3) is 0 Å². The first-order valence-electron chi connectivity index (χ1n) is 9.05. The van der Waals surface area contributed by atoms with Crippen molar-refractivity contribution in [3.8, 4) is 0 Å². The highest BCUT2D eigenvalue weighted by molar-refractivity contribution is 7.10. The number of ether oxygens (including phenoxy) is 1. The van der Waals surface area contributed by atoms with Gasteiger partial charge in [0.15, 0.2) is 0 Å². The van der Waals surface area contributed by atoms with E-state index >= 15 is 0 Å². The summed E-state index contributed by atoms with van der Waals surface area (Å²) in [6.45, 7) is 3.85. The highest BCUT2D eigenvalue weighted by Gasteiger charge is 2.36. The van der Waals surface area contributed by atoms with Crippen molar-refractivity contribution in [2.45, 2.75) is 19.4 Å². The van der Waals surface area contributed by atoms with Crippen molar-refractivity contribution >= 4 is 34.7 Å². The number of rotatable bonds is 5. The quantitative estimate of drug-likeness (QED) is 0.661. The zero-order valence-electron chi connectivity index (χ0n) is 15.0. The van der Waals surface area contributed by atoms with E-state index in [9.17, 15) is 9.59 Å². The van der Waals surface area contributed by atoms with Crippen molar-refractivity contribution in [3.05, 3.63) is 55.5 Å². The van der Waals surface area contributed by atoms with E-state index < -0.39 is 0 Å². The number of quaternary nitrogens is 1. The topological polar surface area (TPSA) is 71.9 Å². The molecule has 2 amide bonds. The van der Waals surface area contributed by atoms with Crippen molar-refractivity contribution in [1.29, 1.82) is 0 Å². The van der Waals surface area contributed by atoms with Gasteiger partial charge >= 0.3 is 12.0 Å². The molecule has 0 saturated heterocycles.